The largest absolute Gasteiger partial charge is 0.480 e. The van der Waals surface area contributed by atoms with Gasteiger partial charge in [0.15, 0.2) is 0 Å². The molecule has 5 nitrogen and oxygen atoms in total. The summed E-state index contributed by atoms with van der Waals surface area (Å²) >= 11 is 0. The van der Waals surface area contributed by atoms with Gasteiger partial charge in [-0.2, -0.15) is 0 Å². The van der Waals surface area contributed by atoms with E-state index in [9.17, 15) is 9.59 Å². The molecule has 1 amide bonds. The van der Waals surface area contributed by atoms with Gasteiger partial charge < -0.3 is 15.3 Å². The zero-order valence-electron chi connectivity index (χ0n) is 10.0. The summed E-state index contributed by atoms with van der Waals surface area (Å²) in [7, 11) is 0. The Hall–Kier alpha value is -1.10. The topological polar surface area (TPSA) is 69.6 Å². The number of likely N-dealkylation sites (tertiary alicyclic amines) is 1. The fraction of sp³-hybridized carbons (Fsp3) is 0.833. The van der Waals surface area contributed by atoms with Crippen molar-refractivity contribution in [1.29, 1.82) is 0 Å². The minimum absolute atomic E-state index is 0.0294. The zero-order valence-corrected chi connectivity index (χ0v) is 10.0. The Morgan fingerprint density at radius 1 is 1.24 bits per heavy atom. The highest BCUT2D eigenvalue weighted by Gasteiger charge is 2.34. The molecule has 2 rings (SSSR count). The summed E-state index contributed by atoms with van der Waals surface area (Å²) in [4.78, 5) is 24.6. The molecule has 1 atom stereocenters. The molecule has 2 fully saturated rings. The number of piperidine rings is 1. The summed E-state index contributed by atoms with van der Waals surface area (Å²) in [6, 6.07) is -0.579. The smallest absolute Gasteiger partial charge is 0.326 e. The van der Waals surface area contributed by atoms with E-state index in [4.69, 9.17) is 5.11 Å². The minimum Gasteiger partial charge on any atom is -0.480 e. The van der Waals surface area contributed by atoms with Crippen LogP contribution in [-0.4, -0.2) is 47.6 Å². The van der Waals surface area contributed by atoms with Gasteiger partial charge in [-0.1, -0.05) is 0 Å². The maximum Gasteiger partial charge on any atom is 0.326 e. The lowest BCUT2D eigenvalue weighted by Gasteiger charge is -2.26. The third-order valence-corrected chi connectivity index (χ3v) is 3.78. The average Bonchev–Trinajstić information content (AvgIpc) is 2.79. The SMILES string of the molecule is O=C(O)C1CCCN1C(=O)CC1CCNCC1. The van der Waals surface area contributed by atoms with Crippen LogP contribution in [0.3, 0.4) is 0 Å². The van der Waals surface area contributed by atoms with Gasteiger partial charge in [0.2, 0.25) is 5.91 Å². The van der Waals surface area contributed by atoms with E-state index in [2.05, 4.69) is 5.32 Å². The number of carbonyl (C=O) groups excluding carboxylic acids is 1. The number of hydrogen-bond donors (Lipinski definition) is 2. The Morgan fingerprint density at radius 2 is 1.94 bits per heavy atom. The highest BCUT2D eigenvalue weighted by Crippen LogP contribution is 2.22. The van der Waals surface area contributed by atoms with Crippen LogP contribution in [0.15, 0.2) is 0 Å². The lowest BCUT2D eigenvalue weighted by Crippen LogP contribution is -2.41. The number of carboxylic acids is 1. The second-order valence-electron chi connectivity index (χ2n) is 4.98. The van der Waals surface area contributed by atoms with Gasteiger partial charge in [-0.3, -0.25) is 4.79 Å². The fourth-order valence-electron chi connectivity index (χ4n) is 2.77. The van der Waals surface area contributed by atoms with Crippen LogP contribution < -0.4 is 5.32 Å². The van der Waals surface area contributed by atoms with Gasteiger partial charge >= 0.3 is 5.97 Å². The molecule has 0 saturated carbocycles. The van der Waals surface area contributed by atoms with Crippen molar-refractivity contribution in [3.63, 3.8) is 0 Å². The third-order valence-electron chi connectivity index (χ3n) is 3.78. The van der Waals surface area contributed by atoms with Crippen molar-refractivity contribution in [2.24, 2.45) is 5.92 Å². The van der Waals surface area contributed by atoms with Crippen LogP contribution in [0.2, 0.25) is 0 Å². The van der Waals surface area contributed by atoms with E-state index in [0.717, 1.165) is 32.4 Å². The number of carbonyl (C=O) groups is 2. The van der Waals surface area contributed by atoms with E-state index in [1.807, 2.05) is 0 Å². The highest BCUT2D eigenvalue weighted by molar-refractivity contribution is 5.84. The van der Waals surface area contributed by atoms with Crippen LogP contribution in [-0.2, 0) is 9.59 Å². The first-order valence-electron chi connectivity index (χ1n) is 6.41. The second kappa shape index (κ2) is 5.49. The first kappa shape index (κ1) is 12.4. The Bertz CT molecular complexity index is 300. The van der Waals surface area contributed by atoms with Gasteiger partial charge in [0.1, 0.15) is 6.04 Å². The molecule has 0 aromatic heterocycles. The number of nitrogens with one attached hydrogen (secondary N) is 1. The molecule has 0 aromatic carbocycles. The predicted octanol–water partition coefficient (Wildman–Crippen LogP) is 0.452. The molecule has 0 bridgehead atoms. The van der Waals surface area contributed by atoms with Gasteiger partial charge in [0, 0.05) is 13.0 Å². The molecule has 5 heteroatoms. The predicted molar refractivity (Wildman–Crippen MR) is 62.6 cm³/mol. The summed E-state index contributed by atoms with van der Waals surface area (Å²) in [5, 5.41) is 12.3. The van der Waals surface area contributed by atoms with Gasteiger partial charge in [-0.05, 0) is 44.7 Å². The fourth-order valence-corrected chi connectivity index (χ4v) is 2.77. The van der Waals surface area contributed by atoms with Crippen molar-refractivity contribution in [3.8, 4) is 0 Å². The molecule has 2 saturated heterocycles. The van der Waals surface area contributed by atoms with Crippen molar-refractivity contribution in [2.75, 3.05) is 19.6 Å². The maximum absolute atomic E-state index is 12.1. The van der Waals surface area contributed by atoms with E-state index in [1.165, 1.54) is 0 Å². The van der Waals surface area contributed by atoms with Gasteiger partial charge in [0.25, 0.3) is 0 Å². The molecule has 0 aromatic rings. The van der Waals surface area contributed by atoms with E-state index in [0.29, 0.717) is 25.3 Å². The van der Waals surface area contributed by atoms with Crippen molar-refractivity contribution < 1.29 is 14.7 Å². The Morgan fingerprint density at radius 3 is 2.59 bits per heavy atom. The lowest BCUT2D eigenvalue weighted by molar-refractivity contribution is -0.148. The Kier molecular flexibility index (Phi) is 3.99. The number of nitrogens with zero attached hydrogens (tertiary/aromatic N) is 1. The summed E-state index contributed by atoms with van der Waals surface area (Å²) in [5.74, 6) is -0.401. The number of rotatable bonds is 3. The lowest BCUT2D eigenvalue weighted by atomic mass is 9.94. The molecule has 1 unspecified atom stereocenters. The average molecular weight is 240 g/mol. The molecule has 2 heterocycles. The standard InChI is InChI=1S/C12H20N2O3/c15-11(8-9-3-5-13-6-4-9)14-7-1-2-10(14)12(16)17/h9-10,13H,1-8H2,(H,16,17). The monoisotopic (exact) mass is 240 g/mol. The molecule has 2 N–H and O–H groups in total. The molecule has 17 heavy (non-hydrogen) atoms. The first-order valence-corrected chi connectivity index (χ1v) is 6.41. The Balaban J connectivity index is 1.88. The van der Waals surface area contributed by atoms with Gasteiger partial charge in [-0.15, -0.1) is 0 Å². The van der Waals surface area contributed by atoms with E-state index in [1.54, 1.807) is 4.90 Å². The summed E-state index contributed by atoms with van der Waals surface area (Å²) in [6.07, 6.45) is 3.99. The van der Waals surface area contributed by atoms with E-state index >= 15 is 0 Å². The Labute approximate surface area is 101 Å². The first-order chi connectivity index (χ1) is 8.18. The molecular formula is C12H20N2O3. The number of aliphatic carboxylic acids is 1. The van der Waals surface area contributed by atoms with Crippen molar-refractivity contribution in [1.82, 2.24) is 10.2 Å². The molecular weight excluding hydrogens is 220 g/mol. The molecule has 96 valence electrons. The van der Waals surface area contributed by atoms with E-state index in [-0.39, 0.29) is 5.91 Å². The summed E-state index contributed by atoms with van der Waals surface area (Å²) in [6.45, 7) is 2.56. The number of hydrogen-bond acceptors (Lipinski definition) is 3. The maximum atomic E-state index is 12.1. The van der Waals surface area contributed by atoms with Gasteiger partial charge in [0.05, 0.1) is 0 Å². The van der Waals surface area contributed by atoms with Crippen LogP contribution in [0.1, 0.15) is 32.1 Å². The molecule has 2 aliphatic rings. The molecule has 2 aliphatic heterocycles. The van der Waals surface area contributed by atoms with Crippen LogP contribution >= 0.6 is 0 Å². The van der Waals surface area contributed by atoms with Crippen LogP contribution in [0.4, 0.5) is 0 Å². The van der Waals surface area contributed by atoms with Crippen molar-refractivity contribution >= 4 is 11.9 Å². The third kappa shape index (κ3) is 2.97. The number of carboxylic acid groups (broad SMARTS) is 1. The normalized spacial score (nSPS) is 26.1. The van der Waals surface area contributed by atoms with Crippen LogP contribution in [0, 0.1) is 5.92 Å². The molecule has 0 radical (unpaired) electrons. The van der Waals surface area contributed by atoms with Crippen LogP contribution in [0.5, 0.6) is 0 Å². The van der Waals surface area contributed by atoms with E-state index < -0.39 is 12.0 Å². The molecule has 0 aliphatic carbocycles. The quantitative estimate of drug-likeness (QED) is 0.751. The number of amides is 1. The summed E-state index contributed by atoms with van der Waals surface area (Å²) in [5.41, 5.74) is 0. The summed E-state index contributed by atoms with van der Waals surface area (Å²) < 4.78 is 0. The zero-order chi connectivity index (χ0) is 12.3. The van der Waals surface area contributed by atoms with Crippen LogP contribution in [0.25, 0.3) is 0 Å². The van der Waals surface area contributed by atoms with Crippen molar-refractivity contribution in [3.05, 3.63) is 0 Å². The molecule has 0 spiro atoms. The van der Waals surface area contributed by atoms with Gasteiger partial charge in [-0.25, -0.2) is 4.79 Å². The van der Waals surface area contributed by atoms with Crippen molar-refractivity contribution in [2.45, 2.75) is 38.1 Å². The highest BCUT2D eigenvalue weighted by atomic mass is 16.4. The second-order valence-corrected chi connectivity index (χ2v) is 4.98. The minimum atomic E-state index is -0.860.